The molecule has 2 atom stereocenters. The zero-order chi connectivity index (χ0) is 13.5. The predicted molar refractivity (Wildman–Crippen MR) is 74.1 cm³/mol. The number of esters is 1. The minimum absolute atomic E-state index is 0.0949. The average Bonchev–Trinajstić information content (AvgIpc) is 2.87. The highest BCUT2D eigenvalue weighted by Crippen LogP contribution is 2.17. The molecule has 1 heterocycles. The average molecular weight is 271 g/mol. The van der Waals surface area contributed by atoms with Gasteiger partial charge in [0.05, 0.1) is 13.2 Å². The fraction of sp³-hybridized carbons (Fsp3) is 0.615. The second-order valence-electron chi connectivity index (χ2n) is 4.20. The first-order chi connectivity index (χ1) is 8.58. The maximum absolute atomic E-state index is 11.3. The molecule has 0 aliphatic heterocycles. The van der Waals surface area contributed by atoms with Crippen LogP contribution >= 0.6 is 11.8 Å². The first-order valence-corrected chi connectivity index (χ1v) is 7.31. The number of ether oxygens (including phenoxy) is 1. The Morgan fingerprint density at radius 2 is 2.22 bits per heavy atom. The number of carbonyl (C=O) groups is 1. The summed E-state index contributed by atoms with van der Waals surface area (Å²) in [4.78, 5) is 11.3. The standard InChI is InChI=1S/C13H21NO3S/c1-9(18-4)7-8-14-10(2)11-5-6-12(17-11)13(15)16-3/h5-6,9-10,14H,7-8H2,1-4H3. The lowest BCUT2D eigenvalue weighted by Crippen LogP contribution is -2.21. The van der Waals surface area contributed by atoms with Crippen LogP contribution in [0.4, 0.5) is 0 Å². The second kappa shape index (κ2) is 7.48. The number of rotatable bonds is 7. The van der Waals surface area contributed by atoms with Gasteiger partial charge in [0.25, 0.3) is 0 Å². The Kier molecular flexibility index (Phi) is 6.29. The molecule has 4 nitrogen and oxygen atoms in total. The largest absolute Gasteiger partial charge is 0.463 e. The molecule has 0 saturated heterocycles. The normalized spacial score (nSPS) is 14.2. The highest BCUT2D eigenvalue weighted by atomic mass is 32.2. The highest BCUT2D eigenvalue weighted by Gasteiger charge is 2.14. The fourth-order valence-corrected chi connectivity index (χ4v) is 1.87. The van der Waals surface area contributed by atoms with Crippen LogP contribution < -0.4 is 5.32 Å². The number of carbonyl (C=O) groups excluding carboxylic acids is 1. The Hall–Kier alpha value is -0.940. The molecule has 102 valence electrons. The van der Waals surface area contributed by atoms with Crippen LogP contribution in [0.15, 0.2) is 16.5 Å². The minimum atomic E-state index is -0.440. The summed E-state index contributed by atoms with van der Waals surface area (Å²) in [5.41, 5.74) is 0. The third kappa shape index (κ3) is 4.38. The predicted octanol–water partition coefficient (Wildman–Crippen LogP) is 2.86. The van der Waals surface area contributed by atoms with Crippen LogP contribution in [0, 0.1) is 0 Å². The van der Waals surface area contributed by atoms with Gasteiger partial charge < -0.3 is 14.5 Å². The Balaban J connectivity index is 2.44. The Labute approximate surface area is 112 Å². The molecule has 1 aromatic heterocycles. The van der Waals surface area contributed by atoms with Crippen molar-refractivity contribution in [3.63, 3.8) is 0 Å². The van der Waals surface area contributed by atoms with Gasteiger partial charge in [0.1, 0.15) is 5.76 Å². The molecule has 0 saturated carbocycles. The van der Waals surface area contributed by atoms with E-state index in [4.69, 9.17) is 4.42 Å². The molecule has 0 fully saturated rings. The van der Waals surface area contributed by atoms with Gasteiger partial charge in [-0.1, -0.05) is 6.92 Å². The molecular weight excluding hydrogens is 250 g/mol. The third-order valence-electron chi connectivity index (χ3n) is 2.84. The lowest BCUT2D eigenvalue weighted by molar-refractivity contribution is 0.0562. The number of hydrogen-bond acceptors (Lipinski definition) is 5. The summed E-state index contributed by atoms with van der Waals surface area (Å²) in [6.07, 6.45) is 3.22. The van der Waals surface area contributed by atoms with Gasteiger partial charge in [-0.05, 0) is 38.3 Å². The van der Waals surface area contributed by atoms with E-state index in [1.165, 1.54) is 7.11 Å². The van der Waals surface area contributed by atoms with Gasteiger partial charge in [-0.25, -0.2) is 4.79 Å². The van der Waals surface area contributed by atoms with Crippen molar-refractivity contribution in [2.24, 2.45) is 0 Å². The summed E-state index contributed by atoms with van der Waals surface area (Å²) in [5.74, 6) is 0.565. The quantitative estimate of drug-likeness (QED) is 0.773. The van der Waals surface area contributed by atoms with Gasteiger partial charge >= 0.3 is 5.97 Å². The van der Waals surface area contributed by atoms with E-state index in [2.05, 4.69) is 23.2 Å². The lowest BCUT2D eigenvalue weighted by Gasteiger charge is -2.13. The Morgan fingerprint density at radius 1 is 1.50 bits per heavy atom. The third-order valence-corrected chi connectivity index (χ3v) is 3.88. The van der Waals surface area contributed by atoms with Gasteiger partial charge in [-0.2, -0.15) is 11.8 Å². The molecule has 18 heavy (non-hydrogen) atoms. The number of methoxy groups -OCH3 is 1. The topological polar surface area (TPSA) is 51.5 Å². The lowest BCUT2D eigenvalue weighted by atomic mass is 10.2. The summed E-state index contributed by atoms with van der Waals surface area (Å²) in [6.45, 7) is 5.15. The van der Waals surface area contributed by atoms with Gasteiger partial charge in [0.15, 0.2) is 0 Å². The van der Waals surface area contributed by atoms with Crippen molar-refractivity contribution in [2.45, 2.75) is 31.6 Å². The van der Waals surface area contributed by atoms with Crippen LogP contribution in [-0.2, 0) is 4.74 Å². The number of nitrogens with one attached hydrogen (secondary N) is 1. The van der Waals surface area contributed by atoms with Crippen LogP contribution in [0.3, 0.4) is 0 Å². The van der Waals surface area contributed by atoms with Crippen molar-refractivity contribution in [3.05, 3.63) is 23.7 Å². The summed E-state index contributed by atoms with van der Waals surface area (Å²) in [7, 11) is 1.34. The zero-order valence-electron chi connectivity index (χ0n) is 11.4. The maximum Gasteiger partial charge on any atom is 0.373 e. The van der Waals surface area contributed by atoms with Gasteiger partial charge in [-0.15, -0.1) is 0 Å². The van der Waals surface area contributed by atoms with Crippen LogP contribution in [0.25, 0.3) is 0 Å². The molecule has 0 aliphatic rings. The number of furan rings is 1. The van der Waals surface area contributed by atoms with Crippen LogP contribution in [0.5, 0.6) is 0 Å². The number of thioether (sulfide) groups is 1. The van der Waals surface area contributed by atoms with Crippen molar-refractivity contribution in [1.29, 1.82) is 0 Å². The van der Waals surface area contributed by atoms with E-state index in [0.717, 1.165) is 18.7 Å². The first-order valence-electron chi connectivity index (χ1n) is 6.02. The molecule has 1 rings (SSSR count). The van der Waals surface area contributed by atoms with Crippen LogP contribution in [0.1, 0.15) is 42.6 Å². The zero-order valence-corrected chi connectivity index (χ0v) is 12.2. The van der Waals surface area contributed by atoms with E-state index in [0.29, 0.717) is 5.25 Å². The summed E-state index contributed by atoms with van der Waals surface area (Å²) in [5, 5.41) is 4.02. The van der Waals surface area contributed by atoms with Crippen molar-refractivity contribution < 1.29 is 13.9 Å². The van der Waals surface area contributed by atoms with Gasteiger partial charge in [0, 0.05) is 5.25 Å². The highest BCUT2D eigenvalue weighted by molar-refractivity contribution is 7.99. The van der Waals surface area contributed by atoms with E-state index in [1.54, 1.807) is 6.07 Å². The van der Waals surface area contributed by atoms with Crippen molar-refractivity contribution in [2.75, 3.05) is 19.9 Å². The minimum Gasteiger partial charge on any atom is -0.463 e. The second-order valence-corrected chi connectivity index (χ2v) is 5.48. The molecule has 0 amide bonds. The van der Waals surface area contributed by atoms with Gasteiger partial charge in [-0.3, -0.25) is 0 Å². The molecule has 0 aromatic carbocycles. The maximum atomic E-state index is 11.3. The fourth-order valence-electron chi connectivity index (χ4n) is 1.52. The molecular formula is C13H21NO3S. The number of hydrogen-bond donors (Lipinski definition) is 1. The molecule has 0 aliphatic carbocycles. The molecule has 1 N–H and O–H groups in total. The summed E-state index contributed by atoms with van der Waals surface area (Å²) < 4.78 is 10.0. The molecule has 5 heteroatoms. The molecule has 1 aromatic rings. The Bertz CT molecular complexity index is 378. The van der Waals surface area contributed by atoms with Crippen molar-refractivity contribution in [3.8, 4) is 0 Å². The van der Waals surface area contributed by atoms with Crippen LogP contribution in [-0.4, -0.2) is 31.1 Å². The van der Waals surface area contributed by atoms with Crippen molar-refractivity contribution in [1.82, 2.24) is 5.32 Å². The van der Waals surface area contributed by atoms with E-state index in [9.17, 15) is 4.79 Å². The molecule has 2 unspecified atom stereocenters. The van der Waals surface area contributed by atoms with E-state index in [-0.39, 0.29) is 11.8 Å². The SMILES string of the molecule is COC(=O)c1ccc(C(C)NCCC(C)SC)o1. The van der Waals surface area contributed by atoms with E-state index in [1.807, 2.05) is 24.8 Å². The first kappa shape index (κ1) is 15.1. The van der Waals surface area contributed by atoms with E-state index < -0.39 is 5.97 Å². The van der Waals surface area contributed by atoms with Crippen LogP contribution in [0.2, 0.25) is 0 Å². The summed E-state index contributed by atoms with van der Waals surface area (Å²) in [6, 6.07) is 3.55. The van der Waals surface area contributed by atoms with E-state index >= 15 is 0 Å². The smallest absolute Gasteiger partial charge is 0.373 e. The summed E-state index contributed by atoms with van der Waals surface area (Å²) >= 11 is 1.86. The monoisotopic (exact) mass is 271 g/mol. The Morgan fingerprint density at radius 3 is 2.83 bits per heavy atom. The molecule has 0 spiro atoms. The van der Waals surface area contributed by atoms with Crippen molar-refractivity contribution >= 4 is 17.7 Å². The molecule has 0 radical (unpaired) electrons. The molecule has 0 bridgehead atoms. The van der Waals surface area contributed by atoms with Gasteiger partial charge in [0.2, 0.25) is 5.76 Å².